The smallest absolute Gasteiger partial charge is 0.317 e. The molecule has 0 saturated heterocycles. The Bertz CT molecular complexity index is 945. The summed E-state index contributed by atoms with van der Waals surface area (Å²) in [5, 5.41) is 13.6. The molecule has 0 radical (unpaired) electrons. The second-order valence-electron chi connectivity index (χ2n) is 7.42. The van der Waals surface area contributed by atoms with Crippen molar-refractivity contribution in [1.29, 1.82) is 0 Å². The molecule has 2 aromatic carbocycles. The average molecular weight is 419 g/mol. The van der Waals surface area contributed by atoms with Gasteiger partial charge in [-0.3, -0.25) is 14.5 Å². The zero-order valence-electron chi connectivity index (χ0n) is 15.1. The summed E-state index contributed by atoms with van der Waals surface area (Å²) in [6.07, 6.45) is 3.11. The van der Waals surface area contributed by atoms with Crippen molar-refractivity contribution >= 4 is 40.8 Å². The van der Waals surface area contributed by atoms with Crippen molar-refractivity contribution < 1.29 is 14.7 Å². The fourth-order valence-corrected chi connectivity index (χ4v) is 4.64. The van der Waals surface area contributed by atoms with Crippen LogP contribution in [0.5, 0.6) is 0 Å². The number of carbonyl (C=O) groups is 2. The van der Waals surface area contributed by atoms with E-state index in [1.807, 2.05) is 29.2 Å². The van der Waals surface area contributed by atoms with Gasteiger partial charge in [-0.25, -0.2) is 0 Å². The number of benzene rings is 2. The van der Waals surface area contributed by atoms with Crippen LogP contribution in [0.2, 0.25) is 10.0 Å². The Morgan fingerprint density at radius 2 is 1.93 bits per heavy atom. The van der Waals surface area contributed by atoms with Crippen LogP contribution in [-0.2, 0) is 21.5 Å². The minimum absolute atomic E-state index is 0.0441. The van der Waals surface area contributed by atoms with Crippen molar-refractivity contribution in [3.05, 3.63) is 63.6 Å². The second kappa shape index (κ2) is 7.39. The lowest BCUT2D eigenvalue weighted by Crippen LogP contribution is -2.59. The first kappa shape index (κ1) is 19.2. The number of anilines is 1. The molecule has 0 bridgehead atoms. The van der Waals surface area contributed by atoms with Gasteiger partial charge in [0.15, 0.2) is 0 Å². The molecule has 2 aliphatic rings. The van der Waals surface area contributed by atoms with E-state index < -0.39 is 11.5 Å². The molecule has 1 unspecified atom stereocenters. The predicted molar refractivity (Wildman–Crippen MR) is 109 cm³/mol. The number of rotatable bonds is 6. The Labute approximate surface area is 173 Å². The average Bonchev–Trinajstić information content (AvgIpc) is 2.84. The van der Waals surface area contributed by atoms with Gasteiger partial charge in [0.25, 0.3) is 0 Å². The van der Waals surface area contributed by atoms with Gasteiger partial charge in [0, 0.05) is 33.8 Å². The number of hydrogen-bond donors (Lipinski definition) is 2. The lowest BCUT2D eigenvalue weighted by Gasteiger charge is -2.47. The predicted octanol–water partition coefficient (Wildman–Crippen LogP) is 4.32. The third kappa shape index (κ3) is 3.28. The number of carboxylic acids is 1. The Morgan fingerprint density at radius 3 is 2.57 bits per heavy atom. The van der Waals surface area contributed by atoms with E-state index >= 15 is 0 Å². The van der Waals surface area contributed by atoms with Crippen LogP contribution in [0.1, 0.15) is 30.4 Å². The van der Waals surface area contributed by atoms with Crippen LogP contribution in [0.3, 0.4) is 0 Å². The maximum absolute atomic E-state index is 13.4. The highest BCUT2D eigenvalue weighted by Crippen LogP contribution is 2.47. The number of nitrogens with one attached hydrogen (secondary N) is 1. The van der Waals surface area contributed by atoms with E-state index in [9.17, 15) is 14.7 Å². The number of fused-ring (bicyclic) bond motifs is 1. The van der Waals surface area contributed by atoms with Gasteiger partial charge < -0.3 is 10.4 Å². The number of amides is 1. The molecule has 1 atom stereocenters. The van der Waals surface area contributed by atoms with E-state index in [0.29, 0.717) is 22.2 Å². The number of carboxylic acid groups (broad SMARTS) is 1. The van der Waals surface area contributed by atoms with E-state index in [-0.39, 0.29) is 18.5 Å². The summed E-state index contributed by atoms with van der Waals surface area (Å²) in [4.78, 5) is 27.0. The largest absolute Gasteiger partial charge is 0.480 e. The van der Waals surface area contributed by atoms with Gasteiger partial charge >= 0.3 is 5.97 Å². The van der Waals surface area contributed by atoms with Crippen molar-refractivity contribution in [2.24, 2.45) is 0 Å². The van der Waals surface area contributed by atoms with Gasteiger partial charge in [0.2, 0.25) is 5.91 Å². The van der Waals surface area contributed by atoms with Gasteiger partial charge in [-0.15, -0.1) is 0 Å². The monoisotopic (exact) mass is 418 g/mol. The van der Waals surface area contributed by atoms with E-state index in [1.54, 1.807) is 18.2 Å². The van der Waals surface area contributed by atoms with E-state index in [1.165, 1.54) is 0 Å². The Balaban J connectivity index is 1.88. The third-order valence-electron chi connectivity index (χ3n) is 5.71. The van der Waals surface area contributed by atoms with Gasteiger partial charge in [-0.1, -0.05) is 47.8 Å². The van der Waals surface area contributed by atoms with Crippen molar-refractivity contribution in [1.82, 2.24) is 4.90 Å². The molecule has 146 valence electrons. The van der Waals surface area contributed by atoms with Crippen LogP contribution in [-0.4, -0.2) is 34.5 Å². The maximum Gasteiger partial charge on any atom is 0.317 e. The molecule has 28 heavy (non-hydrogen) atoms. The zero-order chi connectivity index (χ0) is 19.9. The minimum Gasteiger partial charge on any atom is -0.480 e. The Hall–Kier alpha value is -2.08. The first-order chi connectivity index (χ1) is 13.4. The first-order valence-electron chi connectivity index (χ1n) is 9.24. The number of carbonyl (C=O) groups excluding carboxylic acids is 1. The number of nitrogens with zero attached hydrogens (tertiary/aromatic N) is 1. The number of hydrogen-bond acceptors (Lipinski definition) is 3. The fraction of sp³-hybridized carbons (Fsp3) is 0.333. The first-order valence-corrected chi connectivity index (χ1v) is 10.0. The molecule has 1 aliphatic carbocycles. The molecule has 1 heterocycles. The molecule has 7 heteroatoms. The van der Waals surface area contributed by atoms with E-state index in [4.69, 9.17) is 23.2 Å². The summed E-state index contributed by atoms with van der Waals surface area (Å²) < 4.78 is 0. The molecule has 2 aromatic rings. The summed E-state index contributed by atoms with van der Waals surface area (Å²) in [6.45, 7) is -0.208. The highest BCUT2D eigenvalue weighted by Gasteiger charge is 2.54. The standard InChI is InChI=1S/C21H20Cl2N2O3/c22-14-4-1-3-13(9-14)11-21(25(12-19(26)27)16-5-2-6-16)17-8-7-15(23)10-18(17)24-20(21)28/h1,3-4,7-10,16H,2,5-6,11-12H2,(H,24,28)(H,26,27). The third-order valence-corrected chi connectivity index (χ3v) is 6.18. The second-order valence-corrected chi connectivity index (χ2v) is 8.29. The number of halogens is 2. The Morgan fingerprint density at radius 1 is 1.18 bits per heavy atom. The lowest BCUT2D eigenvalue weighted by molar-refractivity contribution is -0.145. The van der Waals surface area contributed by atoms with Crippen LogP contribution in [0.25, 0.3) is 0 Å². The summed E-state index contributed by atoms with van der Waals surface area (Å²) in [5.41, 5.74) is 1.15. The molecule has 0 aromatic heterocycles. The van der Waals surface area contributed by atoms with Crippen molar-refractivity contribution in [2.75, 3.05) is 11.9 Å². The van der Waals surface area contributed by atoms with Crippen LogP contribution >= 0.6 is 23.2 Å². The SMILES string of the molecule is O=C(O)CN(C1CCC1)C1(Cc2cccc(Cl)c2)C(=O)Nc2cc(Cl)ccc21. The Kier molecular flexibility index (Phi) is 5.08. The zero-order valence-corrected chi connectivity index (χ0v) is 16.6. The van der Waals surface area contributed by atoms with Crippen LogP contribution in [0.4, 0.5) is 5.69 Å². The molecule has 2 N–H and O–H groups in total. The summed E-state index contributed by atoms with van der Waals surface area (Å²) in [6, 6.07) is 12.7. The number of aliphatic carboxylic acids is 1. The molecule has 1 saturated carbocycles. The van der Waals surface area contributed by atoms with Crippen LogP contribution in [0, 0.1) is 0 Å². The van der Waals surface area contributed by atoms with Crippen LogP contribution < -0.4 is 5.32 Å². The molecule has 5 nitrogen and oxygen atoms in total. The maximum atomic E-state index is 13.4. The molecule has 1 fully saturated rings. The minimum atomic E-state index is -1.12. The van der Waals surface area contributed by atoms with Gasteiger partial charge in [0.1, 0.15) is 5.54 Å². The molecular weight excluding hydrogens is 399 g/mol. The van der Waals surface area contributed by atoms with Crippen molar-refractivity contribution in [2.45, 2.75) is 37.3 Å². The summed E-state index contributed by atoms with van der Waals surface area (Å²) in [5.74, 6) is -1.18. The normalized spacial score (nSPS) is 21.3. The van der Waals surface area contributed by atoms with Crippen molar-refractivity contribution in [3.63, 3.8) is 0 Å². The highest BCUT2D eigenvalue weighted by molar-refractivity contribution is 6.31. The molecular formula is C21H20Cl2N2O3. The quantitative estimate of drug-likeness (QED) is 0.732. The summed E-state index contributed by atoms with van der Waals surface area (Å²) >= 11 is 12.3. The van der Waals surface area contributed by atoms with E-state index in [2.05, 4.69) is 5.32 Å². The van der Waals surface area contributed by atoms with E-state index in [0.717, 1.165) is 30.4 Å². The van der Waals surface area contributed by atoms with Gasteiger partial charge in [-0.2, -0.15) is 0 Å². The van der Waals surface area contributed by atoms with Crippen molar-refractivity contribution in [3.8, 4) is 0 Å². The molecule has 1 amide bonds. The molecule has 4 rings (SSSR count). The fourth-order valence-electron chi connectivity index (χ4n) is 4.25. The lowest BCUT2D eigenvalue weighted by atomic mass is 9.78. The topological polar surface area (TPSA) is 69.6 Å². The van der Waals surface area contributed by atoms with Gasteiger partial charge in [-0.05, 0) is 42.7 Å². The summed E-state index contributed by atoms with van der Waals surface area (Å²) in [7, 11) is 0. The highest BCUT2D eigenvalue weighted by atomic mass is 35.5. The molecule has 1 aliphatic heterocycles. The van der Waals surface area contributed by atoms with Gasteiger partial charge in [0.05, 0.1) is 6.54 Å². The van der Waals surface area contributed by atoms with Crippen LogP contribution in [0.15, 0.2) is 42.5 Å². The molecule has 0 spiro atoms.